The Hall–Kier alpha value is -2.27. The van der Waals surface area contributed by atoms with E-state index in [1.54, 1.807) is 0 Å². The maximum Gasteiger partial charge on any atom is 0.230 e. The standard InChI is InChI=1S/C18H20N2O2S/c1-14(21)20-16-7-9-17(10-8-16)23-13-18(22)19-12-11-15-5-3-2-4-6-15/h2-10H,11-13H2,1H3,(H,19,22)(H,20,21). The van der Waals surface area contributed by atoms with E-state index in [0.29, 0.717) is 12.3 Å². The highest BCUT2D eigenvalue weighted by Crippen LogP contribution is 2.20. The van der Waals surface area contributed by atoms with Crippen molar-refractivity contribution in [1.29, 1.82) is 0 Å². The fraction of sp³-hybridized carbons (Fsp3) is 0.222. The molecule has 0 aliphatic heterocycles. The van der Waals surface area contributed by atoms with E-state index in [2.05, 4.69) is 22.8 Å². The molecule has 4 nitrogen and oxygen atoms in total. The lowest BCUT2D eigenvalue weighted by molar-refractivity contribution is -0.118. The molecule has 2 aromatic carbocycles. The summed E-state index contributed by atoms with van der Waals surface area (Å²) < 4.78 is 0. The molecule has 0 aliphatic carbocycles. The molecule has 0 heterocycles. The fourth-order valence-electron chi connectivity index (χ4n) is 2.03. The summed E-state index contributed by atoms with van der Waals surface area (Å²) >= 11 is 1.48. The van der Waals surface area contributed by atoms with E-state index in [-0.39, 0.29) is 11.8 Å². The van der Waals surface area contributed by atoms with Crippen molar-refractivity contribution in [1.82, 2.24) is 5.32 Å². The number of carbonyl (C=O) groups excluding carboxylic acids is 2. The van der Waals surface area contributed by atoms with Gasteiger partial charge in [0.2, 0.25) is 11.8 Å². The number of benzene rings is 2. The Bertz CT molecular complexity index is 642. The first-order valence-electron chi connectivity index (χ1n) is 7.44. The van der Waals surface area contributed by atoms with Crippen LogP contribution in [0.15, 0.2) is 59.5 Å². The highest BCUT2D eigenvalue weighted by Gasteiger charge is 2.03. The molecule has 0 saturated carbocycles. The zero-order valence-electron chi connectivity index (χ0n) is 13.0. The van der Waals surface area contributed by atoms with Crippen LogP contribution in [0.25, 0.3) is 0 Å². The number of amides is 2. The molecule has 23 heavy (non-hydrogen) atoms. The maximum atomic E-state index is 11.8. The topological polar surface area (TPSA) is 58.2 Å². The summed E-state index contributed by atoms with van der Waals surface area (Å²) in [5, 5.41) is 5.63. The molecule has 0 fully saturated rings. The van der Waals surface area contributed by atoms with E-state index in [1.807, 2.05) is 42.5 Å². The van der Waals surface area contributed by atoms with E-state index in [9.17, 15) is 9.59 Å². The van der Waals surface area contributed by atoms with Crippen LogP contribution >= 0.6 is 11.8 Å². The van der Waals surface area contributed by atoms with E-state index in [1.165, 1.54) is 24.2 Å². The largest absolute Gasteiger partial charge is 0.355 e. The molecule has 2 amide bonds. The quantitative estimate of drug-likeness (QED) is 0.768. The van der Waals surface area contributed by atoms with Gasteiger partial charge < -0.3 is 10.6 Å². The molecule has 2 aromatic rings. The second-order valence-corrected chi connectivity index (χ2v) is 6.13. The van der Waals surface area contributed by atoms with Crippen LogP contribution in [-0.4, -0.2) is 24.1 Å². The maximum absolute atomic E-state index is 11.8. The number of rotatable bonds is 7. The van der Waals surface area contributed by atoms with Crippen molar-refractivity contribution in [3.63, 3.8) is 0 Å². The second kappa shape index (κ2) is 9.00. The SMILES string of the molecule is CC(=O)Nc1ccc(SCC(=O)NCCc2ccccc2)cc1. The number of nitrogens with one attached hydrogen (secondary N) is 2. The predicted octanol–water partition coefficient (Wildman–Crippen LogP) is 3.10. The van der Waals surface area contributed by atoms with Crippen LogP contribution in [0, 0.1) is 0 Å². The summed E-state index contributed by atoms with van der Waals surface area (Å²) in [5.41, 5.74) is 1.98. The second-order valence-electron chi connectivity index (χ2n) is 5.08. The van der Waals surface area contributed by atoms with Gasteiger partial charge in [-0.3, -0.25) is 9.59 Å². The summed E-state index contributed by atoms with van der Waals surface area (Å²) in [5.74, 6) is 0.314. The number of hydrogen-bond donors (Lipinski definition) is 2. The summed E-state index contributed by atoms with van der Waals surface area (Å²) in [4.78, 5) is 23.8. The average molecular weight is 328 g/mol. The lowest BCUT2D eigenvalue weighted by Gasteiger charge is -2.06. The Morgan fingerprint density at radius 1 is 1.00 bits per heavy atom. The first-order valence-corrected chi connectivity index (χ1v) is 8.43. The minimum Gasteiger partial charge on any atom is -0.355 e. The van der Waals surface area contributed by atoms with Gasteiger partial charge in [-0.25, -0.2) is 0 Å². The third-order valence-corrected chi connectivity index (χ3v) is 4.14. The van der Waals surface area contributed by atoms with Crippen molar-refractivity contribution in [2.45, 2.75) is 18.2 Å². The van der Waals surface area contributed by atoms with Gasteiger partial charge in [0, 0.05) is 24.1 Å². The van der Waals surface area contributed by atoms with Crippen LogP contribution in [-0.2, 0) is 16.0 Å². The summed E-state index contributed by atoms with van der Waals surface area (Å²) in [6.07, 6.45) is 0.836. The molecule has 0 spiro atoms. The molecule has 0 bridgehead atoms. The molecule has 0 saturated heterocycles. The molecule has 2 N–H and O–H groups in total. The number of carbonyl (C=O) groups is 2. The molecule has 2 rings (SSSR count). The monoisotopic (exact) mass is 328 g/mol. The minimum absolute atomic E-state index is 0.0249. The first-order chi connectivity index (χ1) is 11.1. The van der Waals surface area contributed by atoms with Crippen molar-refractivity contribution in [2.24, 2.45) is 0 Å². The fourth-order valence-corrected chi connectivity index (χ4v) is 2.76. The number of thioether (sulfide) groups is 1. The Kier molecular flexibility index (Phi) is 6.69. The zero-order valence-corrected chi connectivity index (χ0v) is 13.9. The average Bonchev–Trinajstić information content (AvgIpc) is 2.55. The number of anilines is 1. The summed E-state index contributed by atoms with van der Waals surface area (Å²) in [7, 11) is 0. The van der Waals surface area contributed by atoms with Crippen LogP contribution in [0.1, 0.15) is 12.5 Å². The van der Waals surface area contributed by atoms with E-state index in [0.717, 1.165) is 17.0 Å². The zero-order chi connectivity index (χ0) is 16.5. The Morgan fingerprint density at radius 3 is 2.35 bits per heavy atom. The van der Waals surface area contributed by atoms with Gasteiger partial charge in [-0.2, -0.15) is 0 Å². The Labute approximate surface area is 140 Å². The van der Waals surface area contributed by atoms with Gasteiger partial charge in [0.25, 0.3) is 0 Å². The van der Waals surface area contributed by atoms with Crippen LogP contribution in [0.5, 0.6) is 0 Å². The molecular formula is C18H20N2O2S. The number of hydrogen-bond acceptors (Lipinski definition) is 3. The minimum atomic E-state index is -0.0943. The normalized spacial score (nSPS) is 10.1. The van der Waals surface area contributed by atoms with Crippen LogP contribution in [0.3, 0.4) is 0 Å². The third kappa shape index (κ3) is 6.57. The van der Waals surface area contributed by atoms with Gasteiger partial charge in [0.15, 0.2) is 0 Å². The molecule has 5 heteroatoms. The van der Waals surface area contributed by atoms with Gasteiger partial charge in [-0.15, -0.1) is 11.8 Å². The highest BCUT2D eigenvalue weighted by molar-refractivity contribution is 8.00. The van der Waals surface area contributed by atoms with Gasteiger partial charge in [-0.1, -0.05) is 30.3 Å². The van der Waals surface area contributed by atoms with Gasteiger partial charge in [0.1, 0.15) is 0 Å². The van der Waals surface area contributed by atoms with E-state index < -0.39 is 0 Å². The van der Waals surface area contributed by atoms with Crippen molar-refractivity contribution >= 4 is 29.3 Å². The van der Waals surface area contributed by atoms with E-state index in [4.69, 9.17) is 0 Å². The van der Waals surface area contributed by atoms with Gasteiger partial charge >= 0.3 is 0 Å². The van der Waals surface area contributed by atoms with E-state index >= 15 is 0 Å². The van der Waals surface area contributed by atoms with Crippen molar-refractivity contribution in [3.8, 4) is 0 Å². The third-order valence-electron chi connectivity index (χ3n) is 3.12. The molecule has 120 valence electrons. The highest BCUT2D eigenvalue weighted by atomic mass is 32.2. The van der Waals surface area contributed by atoms with Crippen LogP contribution in [0.2, 0.25) is 0 Å². The summed E-state index contributed by atoms with van der Waals surface area (Å²) in [6, 6.07) is 17.5. The van der Waals surface area contributed by atoms with Crippen molar-refractivity contribution in [2.75, 3.05) is 17.6 Å². The molecule has 0 aliphatic rings. The smallest absolute Gasteiger partial charge is 0.230 e. The summed E-state index contributed by atoms with van der Waals surface area (Å²) in [6.45, 7) is 2.12. The molecule has 0 aromatic heterocycles. The van der Waals surface area contributed by atoms with Crippen LogP contribution < -0.4 is 10.6 Å². The predicted molar refractivity (Wildman–Crippen MR) is 94.6 cm³/mol. The Balaban J connectivity index is 1.68. The van der Waals surface area contributed by atoms with Crippen molar-refractivity contribution in [3.05, 3.63) is 60.2 Å². The molecule has 0 radical (unpaired) electrons. The van der Waals surface area contributed by atoms with Gasteiger partial charge in [0.05, 0.1) is 5.75 Å². The molecule has 0 unspecified atom stereocenters. The molecular weight excluding hydrogens is 308 g/mol. The lowest BCUT2D eigenvalue weighted by Crippen LogP contribution is -2.27. The molecule has 0 atom stereocenters. The Morgan fingerprint density at radius 2 is 1.70 bits per heavy atom. The van der Waals surface area contributed by atoms with Crippen LogP contribution in [0.4, 0.5) is 5.69 Å². The van der Waals surface area contributed by atoms with Crippen molar-refractivity contribution < 1.29 is 9.59 Å². The first kappa shape index (κ1) is 17.1. The van der Waals surface area contributed by atoms with Gasteiger partial charge in [-0.05, 0) is 36.2 Å². The lowest BCUT2D eigenvalue weighted by atomic mass is 10.1.